The van der Waals surface area contributed by atoms with Crippen LogP contribution in [0.4, 0.5) is 22.0 Å². The minimum absolute atomic E-state index is 0.00697. The molecule has 7 heteroatoms. The van der Waals surface area contributed by atoms with Crippen molar-refractivity contribution in [2.45, 2.75) is 110 Å². The monoisotopic (exact) mass is 492 g/mol. The van der Waals surface area contributed by atoms with Gasteiger partial charge in [0.05, 0.1) is 0 Å². The molecule has 1 saturated carbocycles. The fraction of sp³-hybridized carbons (Fsp3) is 0.778. The Morgan fingerprint density at radius 2 is 1.29 bits per heavy atom. The van der Waals surface area contributed by atoms with E-state index in [0.717, 1.165) is 32.1 Å². The van der Waals surface area contributed by atoms with Crippen molar-refractivity contribution in [3.63, 3.8) is 0 Å². The maximum absolute atomic E-state index is 14.6. The first-order chi connectivity index (χ1) is 16.2. The SMILES string of the molecule is CCCCCCCCC(C1CCCC(c2c(F)c(F)c(F)c(F)c2F)C1)C(C)(OCC)OCC. The van der Waals surface area contributed by atoms with Gasteiger partial charge in [0.2, 0.25) is 5.82 Å². The highest BCUT2D eigenvalue weighted by Crippen LogP contribution is 2.47. The van der Waals surface area contributed by atoms with Crippen molar-refractivity contribution in [2.75, 3.05) is 13.2 Å². The van der Waals surface area contributed by atoms with Crippen molar-refractivity contribution < 1.29 is 31.4 Å². The Kier molecular flexibility index (Phi) is 11.8. The van der Waals surface area contributed by atoms with Gasteiger partial charge in [-0.15, -0.1) is 0 Å². The van der Waals surface area contributed by atoms with E-state index in [0.29, 0.717) is 32.5 Å². The number of halogens is 5. The molecule has 3 unspecified atom stereocenters. The molecule has 0 aromatic heterocycles. The van der Waals surface area contributed by atoms with Gasteiger partial charge in [-0.3, -0.25) is 0 Å². The Morgan fingerprint density at radius 3 is 1.85 bits per heavy atom. The summed E-state index contributed by atoms with van der Waals surface area (Å²) < 4.78 is 82.7. The number of benzene rings is 1. The Morgan fingerprint density at radius 1 is 0.765 bits per heavy atom. The van der Waals surface area contributed by atoms with Crippen LogP contribution in [0, 0.1) is 40.9 Å². The zero-order valence-corrected chi connectivity index (χ0v) is 21.1. The Labute approximate surface area is 201 Å². The molecule has 0 amide bonds. The molecule has 0 bridgehead atoms. The highest BCUT2D eigenvalue weighted by molar-refractivity contribution is 5.28. The summed E-state index contributed by atoms with van der Waals surface area (Å²) in [6.07, 6.45) is 9.82. The molecule has 0 radical (unpaired) electrons. The number of hydrogen-bond acceptors (Lipinski definition) is 2. The third-order valence-electron chi connectivity index (χ3n) is 7.34. The van der Waals surface area contributed by atoms with Crippen molar-refractivity contribution in [3.05, 3.63) is 34.6 Å². The summed E-state index contributed by atoms with van der Waals surface area (Å²) in [6, 6.07) is 0. The smallest absolute Gasteiger partial charge is 0.200 e. The molecule has 1 aliphatic rings. The summed E-state index contributed by atoms with van der Waals surface area (Å²) in [6.45, 7) is 8.81. The first kappa shape index (κ1) is 29.0. The Hall–Kier alpha value is -1.21. The quantitative estimate of drug-likeness (QED) is 0.0849. The van der Waals surface area contributed by atoms with Gasteiger partial charge in [0, 0.05) is 24.7 Å². The van der Waals surface area contributed by atoms with Crippen LogP contribution in [-0.4, -0.2) is 19.0 Å². The van der Waals surface area contributed by atoms with E-state index in [-0.39, 0.29) is 11.8 Å². The van der Waals surface area contributed by atoms with E-state index in [1.54, 1.807) is 0 Å². The first-order valence-corrected chi connectivity index (χ1v) is 13.0. The van der Waals surface area contributed by atoms with Gasteiger partial charge in [-0.2, -0.15) is 0 Å². The van der Waals surface area contributed by atoms with E-state index in [4.69, 9.17) is 9.47 Å². The lowest BCUT2D eigenvalue weighted by Gasteiger charge is -2.44. The van der Waals surface area contributed by atoms with Gasteiger partial charge in [-0.25, -0.2) is 22.0 Å². The van der Waals surface area contributed by atoms with E-state index >= 15 is 0 Å². The second-order valence-electron chi connectivity index (χ2n) is 9.65. The van der Waals surface area contributed by atoms with E-state index in [1.165, 1.54) is 19.3 Å². The molecule has 0 heterocycles. The van der Waals surface area contributed by atoms with Crippen molar-refractivity contribution in [1.29, 1.82) is 0 Å². The van der Waals surface area contributed by atoms with Crippen molar-refractivity contribution in [2.24, 2.45) is 11.8 Å². The summed E-state index contributed by atoms with van der Waals surface area (Å²) >= 11 is 0. The molecule has 0 spiro atoms. The zero-order valence-electron chi connectivity index (χ0n) is 21.1. The van der Waals surface area contributed by atoms with Gasteiger partial charge in [-0.1, -0.05) is 51.9 Å². The maximum Gasteiger partial charge on any atom is 0.200 e. The standard InChI is InChI=1S/C27H41F5O2/c1-5-8-9-10-11-12-16-20(27(4,33-6-2)34-7-3)18-14-13-15-19(17-18)21-22(28)24(30)26(32)25(31)23(21)29/h18-20H,5-17H2,1-4H3. The molecule has 2 nitrogen and oxygen atoms in total. The normalized spacial score (nSPS) is 20.0. The van der Waals surface area contributed by atoms with Crippen molar-refractivity contribution in [3.8, 4) is 0 Å². The van der Waals surface area contributed by atoms with Crippen LogP contribution in [0.1, 0.15) is 110 Å². The molecule has 1 aromatic carbocycles. The highest BCUT2D eigenvalue weighted by atomic mass is 19.2. The average Bonchev–Trinajstić information content (AvgIpc) is 2.81. The first-order valence-electron chi connectivity index (χ1n) is 13.0. The lowest BCUT2D eigenvalue weighted by molar-refractivity contribution is -0.264. The summed E-state index contributed by atoms with van der Waals surface area (Å²) in [5.41, 5.74) is -0.672. The lowest BCUT2D eigenvalue weighted by Crippen LogP contribution is -2.45. The van der Waals surface area contributed by atoms with Crippen LogP contribution in [0.2, 0.25) is 0 Å². The van der Waals surface area contributed by atoms with Crippen LogP contribution < -0.4 is 0 Å². The largest absolute Gasteiger partial charge is 0.350 e. The third kappa shape index (κ3) is 6.93. The Bertz CT molecular complexity index is 735. The molecule has 3 atom stereocenters. The van der Waals surface area contributed by atoms with Crippen LogP contribution in [0.15, 0.2) is 0 Å². The predicted molar refractivity (Wildman–Crippen MR) is 124 cm³/mol. The summed E-state index contributed by atoms with van der Waals surface area (Å²) in [5, 5.41) is 0. The van der Waals surface area contributed by atoms with E-state index in [9.17, 15) is 22.0 Å². The minimum atomic E-state index is -2.10. The van der Waals surface area contributed by atoms with Gasteiger partial charge in [0.25, 0.3) is 0 Å². The fourth-order valence-corrected chi connectivity index (χ4v) is 5.74. The minimum Gasteiger partial charge on any atom is -0.350 e. The molecular formula is C27H41F5O2. The summed E-state index contributed by atoms with van der Waals surface area (Å²) in [5.74, 6) is -10.9. The van der Waals surface area contributed by atoms with Gasteiger partial charge in [0.15, 0.2) is 29.1 Å². The maximum atomic E-state index is 14.6. The fourth-order valence-electron chi connectivity index (χ4n) is 5.74. The second kappa shape index (κ2) is 13.8. The molecule has 0 saturated heterocycles. The lowest BCUT2D eigenvalue weighted by atomic mass is 9.69. The number of hydrogen-bond donors (Lipinski definition) is 0. The third-order valence-corrected chi connectivity index (χ3v) is 7.34. The summed E-state index contributed by atoms with van der Waals surface area (Å²) in [7, 11) is 0. The summed E-state index contributed by atoms with van der Waals surface area (Å²) in [4.78, 5) is 0. The average molecular weight is 493 g/mol. The van der Waals surface area contributed by atoms with Crippen LogP contribution in [0.3, 0.4) is 0 Å². The second-order valence-corrected chi connectivity index (χ2v) is 9.65. The van der Waals surface area contributed by atoms with Gasteiger partial charge >= 0.3 is 0 Å². The molecule has 1 aromatic rings. The van der Waals surface area contributed by atoms with E-state index < -0.39 is 46.4 Å². The zero-order chi connectivity index (χ0) is 25.3. The van der Waals surface area contributed by atoms with Gasteiger partial charge < -0.3 is 9.47 Å². The predicted octanol–water partition coefficient (Wildman–Crippen LogP) is 8.81. The molecule has 196 valence electrons. The van der Waals surface area contributed by atoms with Crippen molar-refractivity contribution >= 4 is 0 Å². The topological polar surface area (TPSA) is 18.5 Å². The van der Waals surface area contributed by atoms with Crippen LogP contribution in [0.25, 0.3) is 0 Å². The van der Waals surface area contributed by atoms with Crippen LogP contribution >= 0.6 is 0 Å². The molecule has 1 fully saturated rings. The molecule has 0 N–H and O–H groups in total. The van der Waals surface area contributed by atoms with Crippen LogP contribution in [0.5, 0.6) is 0 Å². The van der Waals surface area contributed by atoms with E-state index in [2.05, 4.69) is 6.92 Å². The highest BCUT2D eigenvalue weighted by Gasteiger charge is 2.43. The number of unbranched alkanes of at least 4 members (excludes halogenated alkanes) is 5. The molecular weight excluding hydrogens is 451 g/mol. The van der Waals surface area contributed by atoms with Crippen molar-refractivity contribution in [1.82, 2.24) is 0 Å². The molecule has 0 aliphatic heterocycles. The van der Waals surface area contributed by atoms with Gasteiger partial charge in [0.1, 0.15) is 0 Å². The number of ether oxygens (including phenoxy) is 2. The molecule has 2 rings (SSSR count). The molecule has 1 aliphatic carbocycles. The number of rotatable bonds is 14. The molecule has 34 heavy (non-hydrogen) atoms. The Balaban J connectivity index is 2.28. The van der Waals surface area contributed by atoms with Gasteiger partial charge in [-0.05, 0) is 58.3 Å². The van der Waals surface area contributed by atoms with Crippen LogP contribution in [-0.2, 0) is 9.47 Å². The van der Waals surface area contributed by atoms with E-state index in [1.807, 2.05) is 20.8 Å².